The number of hydrogen-bond acceptors (Lipinski definition) is 7. The molecule has 7 nitrogen and oxygen atoms in total. The van der Waals surface area contributed by atoms with Gasteiger partial charge in [-0.05, 0) is 18.7 Å². The van der Waals surface area contributed by atoms with Crippen molar-refractivity contribution in [3.8, 4) is 0 Å². The van der Waals surface area contributed by atoms with Crippen LogP contribution in [0.15, 0.2) is 48.5 Å². The quantitative estimate of drug-likeness (QED) is 0.203. The second-order valence-corrected chi connectivity index (χ2v) is 5.19. The number of aldehydes is 2. The van der Waals surface area contributed by atoms with E-state index in [1.165, 1.54) is 0 Å². The molecule has 0 spiro atoms. The van der Waals surface area contributed by atoms with Gasteiger partial charge >= 0.3 is 25.5 Å². The van der Waals surface area contributed by atoms with Crippen LogP contribution in [-0.4, -0.2) is 39.4 Å². The Balaban J connectivity index is 0.000000526. The summed E-state index contributed by atoms with van der Waals surface area (Å²) < 4.78 is 22.9. The molecule has 0 aliphatic carbocycles. The van der Waals surface area contributed by atoms with Crippen molar-refractivity contribution >= 4 is 18.5 Å². The van der Waals surface area contributed by atoms with Crippen molar-refractivity contribution in [2.24, 2.45) is 0 Å². The number of carbonyl (C=O) groups excluding carboxylic acids is 3. The normalized spacial score (nSPS) is 9.59. The molecule has 2 rings (SSSR count). The van der Waals surface area contributed by atoms with Crippen molar-refractivity contribution in [2.45, 2.75) is 12.2 Å². The standard InChI is InChI=1S/C12H15O4.C9H7O2.Co.O/c1-4-16-11(13)9-5-7-10(8-6-9)12(14-2)15-3;10-6-9(7-11)8-4-2-1-3-5-8;;/h5-8,12H,1,4H2,2-3H3;2-7,9H;;/q2*-1;;. The van der Waals surface area contributed by atoms with Crippen molar-refractivity contribution in [1.82, 2.24) is 0 Å². The first-order chi connectivity index (χ1) is 14.1. The molecule has 0 bridgehead atoms. The molecule has 2 aromatic carbocycles. The van der Waals surface area contributed by atoms with Crippen LogP contribution in [0.25, 0.3) is 0 Å². The van der Waals surface area contributed by atoms with Gasteiger partial charge < -0.3 is 30.7 Å². The molecule has 0 aliphatic rings. The second-order valence-electron chi connectivity index (χ2n) is 5.19. The van der Waals surface area contributed by atoms with E-state index in [1.54, 1.807) is 62.8 Å². The minimum absolute atomic E-state index is 0.124. The van der Waals surface area contributed by atoms with Gasteiger partial charge in [-0.1, -0.05) is 12.1 Å². The van der Waals surface area contributed by atoms with Crippen molar-refractivity contribution in [2.75, 3.05) is 20.8 Å². The van der Waals surface area contributed by atoms with Gasteiger partial charge in [0.05, 0.1) is 11.5 Å². The van der Waals surface area contributed by atoms with Crippen LogP contribution in [0.5, 0.6) is 0 Å². The zero-order valence-corrected chi connectivity index (χ0v) is 17.1. The average Bonchev–Trinajstić information content (AvgIpc) is 2.79. The number of carbonyl (C=O) groups is 3. The molecule has 0 atom stereocenters. The predicted molar refractivity (Wildman–Crippen MR) is 99.7 cm³/mol. The molecule has 2 aromatic rings. The predicted octanol–water partition coefficient (Wildman–Crippen LogP) is 2.82. The Kier molecular flexibility index (Phi) is 15.0. The first-order valence-corrected chi connectivity index (χ1v) is 8.65. The molecule has 0 fully saturated rings. The topological polar surface area (TPSA) is 96.0 Å². The van der Waals surface area contributed by atoms with Crippen LogP contribution in [0.3, 0.4) is 0 Å². The Morgan fingerprint density at radius 1 is 1.00 bits per heavy atom. The van der Waals surface area contributed by atoms with Crippen LogP contribution in [0, 0.1) is 13.0 Å². The maximum absolute atomic E-state index is 11.3. The van der Waals surface area contributed by atoms with Crippen LogP contribution in [0.1, 0.15) is 33.7 Å². The van der Waals surface area contributed by atoms with Crippen LogP contribution < -0.4 is 0 Å². The Morgan fingerprint density at radius 3 is 1.93 bits per heavy atom. The summed E-state index contributed by atoms with van der Waals surface area (Å²) in [5.41, 5.74) is 2.04. The zero-order chi connectivity index (χ0) is 22.1. The minimum atomic E-state index is -0.621. The van der Waals surface area contributed by atoms with Crippen molar-refractivity contribution in [3.05, 3.63) is 78.2 Å². The summed E-state index contributed by atoms with van der Waals surface area (Å²) in [6.07, 6.45) is 0.836. The van der Waals surface area contributed by atoms with Crippen molar-refractivity contribution in [1.29, 1.82) is 0 Å². The van der Waals surface area contributed by atoms with Crippen molar-refractivity contribution in [3.63, 3.8) is 0 Å². The summed E-state index contributed by atoms with van der Waals surface area (Å²) in [6.45, 7) is 3.56. The molecule has 0 amide bonds. The average molecular weight is 445 g/mol. The van der Waals surface area contributed by atoms with Gasteiger partial charge in [0.15, 0.2) is 6.29 Å². The molecule has 0 aliphatic heterocycles. The number of ether oxygens (including phenoxy) is 3. The van der Waals surface area contributed by atoms with E-state index in [0.29, 0.717) is 23.7 Å². The van der Waals surface area contributed by atoms with E-state index >= 15 is 0 Å². The fraction of sp³-hybridized carbons (Fsp3) is 0.238. The molecule has 8 heteroatoms. The van der Waals surface area contributed by atoms with Crippen LogP contribution in [0.4, 0.5) is 0 Å². The van der Waals surface area contributed by atoms with Gasteiger partial charge in [-0.2, -0.15) is 30.3 Å². The monoisotopic (exact) mass is 445 g/mol. The number of benzene rings is 2. The Bertz CT molecular complexity index is 708. The summed E-state index contributed by atoms with van der Waals surface area (Å²) in [5, 5.41) is 0. The Hall–Kier alpha value is -2.52. The molecule has 0 saturated heterocycles. The summed E-state index contributed by atoms with van der Waals surface area (Å²) in [4.78, 5) is 31.9. The molecule has 159 valence electrons. The Morgan fingerprint density at radius 2 is 1.52 bits per heavy atom. The third-order valence-electron chi connectivity index (χ3n) is 3.50. The number of esters is 1. The van der Waals surface area contributed by atoms with E-state index in [0.717, 1.165) is 5.56 Å². The Labute approximate surface area is 178 Å². The summed E-state index contributed by atoms with van der Waals surface area (Å²) in [7, 11) is 3.11. The van der Waals surface area contributed by atoms with Gasteiger partial charge in [-0.25, -0.2) is 4.79 Å². The molecule has 29 heavy (non-hydrogen) atoms. The summed E-state index contributed by atoms with van der Waals surface area (Å²) in [6, 6.07) is 16.4. The first kappa shape index (κ1) is 26.5. The van der Waals surface area contributed by atoms with Crippen molar-refractivity contribution < 1.29 is 48.1 Å². The third-order valence-corrected chi connectivity index (χ3v) is 3.50. The van der Waals surface area contributed by atoms with E-state index in [9.17, 15) is 14.4 Å². The molecule has 0 N–H and O–H groups in total. The summed E-state index contributed by atoms with van der Waals surface area (Å²) in [5.74, 6) is -1.00. The molecule has 0 radical (unpaired) electrons. The molecular weight excluding hydrogens is 423 g/mol. The number of hydrogen-bond donors (Lipinski definition) is 0. The van der Waals surface area contributed by atoms with Crippen LogP contribution in [-0.2, 0) is 43.3 Å². The molecule has 0 heterocycles. The zero-order valence-electron chi connectivity index (χ0n) is 16.0. The van der Waals surface area contributed by atoms with Crippen LogP contribution in [0.2, 0.25) is 0 Å². The van der Waals surface area contributed by atoms with Gasteiger partial charge in [0.2, 0.25) is 0 Å². The fourth-order valence-corrected chi connectivity index (χ4v) is 2.13. The third kappa shape index (κ3) is 9.48. The second kappa shape index (κ2) is 16.4. The SMILES string of the molecule is O=CC(C=O)c1cc[c-]cc1.[CH2-]COC(=O)c1ccc(C(OC)OC)cc1.[O]=[Co]. The van der Waals surface area contributed by atoms with E-state index < -0.39 is 12.2 Å². The van der Waals surface area contributed by atoms with E-state index in [2.05, 4.69) is 28.7 Å². The molecule has 0 unspecified atom stereocenters. The van der Waals surface area contributed by atoms with Gasteiger partial charge in [-0.15, -0.1) is 5.56 Å². The van der Waals surface area contributed by atoms with Gasteiger partial charge in [0, 0.05) is 19.8 Å². The van der Waals surface area contributed by atoms with Gasteiger partial charge in [0.25, 0.3) is 0 Å². The number of methoxy groups -OCH3 is 2. The molecular formula is C21H22CoO7-2. The van der Waals surface area contributed by atoms with Crippen LogP contribution >= 0.6 is 0 Å². The van der Waals surface area contributed by atoms with E-state index in [4.69, 9.17) is 18.1 Å². The molecule has 0 saturated carbocycles. The maximum atomic E-state index is 11.3. The number of rotatable bonds is 8. The van der Waals surface area contributed by atoms with Gasteiger partial charge in [-0.3, -0.25) is 0 Å². The van der Waals surface area contributed by atoms with E-state index in [-0.39, 0.29) is 12.6 Å². The van der Waals surface area contributed by atoms with Gasteiger partial charge in [0.1, 0.15) is 12.6 Å². The first-order valence-electron chi connectivity index (χ1n) is 8.23. The summed E-state index contributed by atoms with van der Waals surface area (Å²) >= 11 is 2.31. The molecule has 0 aromatic heterocycles. The van der Waals surface area contributed by atoms with E-state index in [1.807, 2.05) is 0 Å². The fourth-order valence-electron chi connectivity index (χ4n) is 2.13.